The monoisotopic (exact) mass is 282 g/mol. The molecular formula is C15H22O5. The number of aliphatic hydroxyl groups is 1. The van der Waals surface area contributed by atoms with Crippen molar-refractivity contribution in [3.63, 3.8) is 0 Å². The number of carbonyl (C=O) groups excluding carboxylic acids is 1. The Morgan fingerprint density at radius 1 is 1.25 bits per heavy atom. The molecule has 1 aromatic carbocycles. The highest BCUT2D eigenvalue weighted by molar-refractivity contribution is 5.71. The lowest BCUT2D eigenvalue weighted by Crippen LogP contribution is -2.25. The van der Waals surface area contributed by atoms with E-state index in [1.165, 1.54) is 7.11 Å². The molecule has 112 valence electrons. The molecule has 1 unspecified atom stereocenters. The van der Waals surface area contributed by atoms with Crippen molar-refractivity contribution in [3.05, 3.63) is 23.8 Å². The second-order valence-electron chi connectivity index (χ2n) is 5.41. The van der Waals surface area contributed by atoms with Crippen molar-refractivity contribution in [2.24, 2.45) is 0 Å². The van der Waals surface area contributed by atoms with E-state index >= 15 is 0 Å². The molecule has 0 radical (unpaired) electrons. The normalized spacial score (nSPS) is 12.7. The molecular weight excluding hydrogens is 260 g/mol. The van der Waals surface area contributed by atoms with Crippen LogP contribution in [0.25, 0.3) is 0 Å². The van der Waals surface area contributed by atoms with Gasteiger partial charge < -0.3 is 19.3 Å². The van der Waals surface area contributed by atoms with Gasteiger partial charge in [0.2, 0.25) is 0 Å². The van der Waals surface area contributed by atoms with Crippen LogP contribution in [0.15, 0.2) is 18.2 Å². The summed E-state index contributed by atoms with van der Waals surface area (Å²) in [5, 5.41) is 10.1. The quantitative estimate of drug-likeness (QED) is 0.840. The van der Waals surface area contributed by atoms with E-state index in [0.29, 0.717) is 17.1 Å². The van der Waals surface area contributed by atoms with Gasteiger partial charge in [0, 0.05) is 11.6 Å². The highest BCUT2D eigenvalue weighted by Crippen LogP contribution is 2.31. The van der Waals surface area contributed by atoms with Crippen LogP contribution in [0.5, 0.6) is 11.5 Å². The zero-order chi connectivity index (χ0) is 15.3. The van der Waals surface area contributed by atoms with Crippen LogP contribution in [-0.4, -0.2) is 30.9 Å². The fraction of sp³-hybridized carbons (Fsp3) is 0.533. The number of benzene rings is 1. The van der Waals surface area contributed by atoms with Crippen molar-refractivity contribution in [1.82, 2.24) is 0 Å². The number of hydrogen-bond acceptors (Lipinski definition) is 5. The molecule has 0 spiro atoms. The number of aliphatic hydroxyl groups excluding tert-OH is 1. The van der Waals surface area contributed by atoms with Crippen LogP contribution in [0.2, 0.25) is 0 Å². The van der Waals surface area contributed by atoms with Crippen LogP contribution < -0.4 is 9.47 Å². The van der Waals surface area contributed by atoms with Gasteiger partial charge in [-0.15, -0.1) is 0 Å². The Bertz CT molecular complexity index is 462. The van der Waals surface area contributed by atoms with Crippen molar-refractivity contribution in [3.8, 4) is 11.5 Å². The van der Waals surface area contributed by atoms with E-state index < -0.39 is 17.7 Å². The van der Waals surface area contributed by atoms with Gasteiger partial charge in [-0.05, 0) is 32.9 Å². The highest BCUT2D eigenvalue weighted by Gasteiger charge is 2.22. The molecule has 1 rings (SSSR count). The minimum Gasteiger partial charge on any atom is -0.497 e. The SMILES string of the molecule is COc1ccc(C(O)CC(=O)OC(C)(C)C)c(OC)c1. The van der Waals surface area contributed by atoms with E-state index in [9.17, 15) is 9.90 Å². The van der Waals surface area contributed by atoms with Gasteiger partial charge in [0.15, 0.2) is 0 Å². The van der Waals surface area contributed by atoms with E-state index in [2.05, 4.69) is 0 Å². The first-order valence-corrected chi connectivity index (χ1v) is 6.38. The predicted octanol–water partition coefficient (Wildman–Crippen LogP) is 2.47. The first kappa shape index (κ1) is 16.3. The Morgan fingerprint density at radius 3 is 2.40 bits per heavy atom. The third-order valence-corrected chi connectivity index (χ3v) is 2.58. The molecule has 1 atom stereocenters. The average Bonchev–Trinajstić information content (AvgIpc) is 2.35. The number of esters is 1. The Kier molecular flexibility index (Phi) is 5.39. The first-order chi connectivity index (χ1) is 9.26. The lowest BCUT2D eigenvalue weighted by molar-refractivity contribution is -0.157. The summed E-state index contributed by atoms with van der Waals surface area (Å²) in [6.45, 7) is 5.35. The summed E-state index contributed by atoms with van der Waals surface area (Å²) in [4.78, 5) is 11.7. The summed E-state index contributed by atoms with van der Waals surface area (Å²) in [6.07, 6.45) is -1.11. The largest absolute Gasteiger partial charge is 0.497 e. The number of methoxy groups -OCH3 is 2. The fourth-order valence-corrected chi connectivity index (χ4v) is 1.74. The third-order valence-electron chi connectivity index (χ3n) is 2.58. The van der Waals surface area contributed by atoms with Crippen LogP contribution in [0.3, 0.4) is 0 Å². The topological polar surface area (TPSA) is 65.0 Å². The molecule has 0 aromatic heterocycles. The zero-order valence-corrected chi connectivity index (χ0v) is 12.6. The van der Waals surface area contributed by atoms with Gasteiger partial charge in [0.25, 0.3) is 0 Å². The third kappa shape index (κ3) is 4.74. The number of hydrogen-bond donors (Lipinski definition) is 1. The van der Waals surface area contributed by atoms with Crippen molar-refractivity contribution in [2.75, 3.05) is 14.2 Å². The predicted molar refractivity (Wildman–Crippen MR) is 75.0 cm³/mol. The summed E-state index contributed by atoms with van der Waals surface area (Å²) in [5.41, 5.74) is -0.0417. The van der Waals surface area contributed by atoms with Gasteiger partial charge in [-0.25, -0.2) is 0 Å². The Labute approximate surface area is 119 Å². The maximum absolute atomic E-state index is 11.7. The van der Waals surface area contributed by atoms with Gasteiger partial charge >= 0.3 is 5.97 Å². The molecule has 0 heterocycles. The van der Waals surface area contributed by atoms with E-state index in [0.717, 1.165) is 0 Å². The maximum atomic E-state index is 11.7. The lowest BCUT2D eigenvalue weighted by Gasteiger charge is -2.21. The van der Waals surface area contributed by atoms with Gasteiger partial charge in [-0.3, -0.25) is 4.79 Å². The molecule has 5 heteroatoms. The van der Waals surface area contributed by atoms with Crippen molar-refractivity contribution in [2.45, 2.75) is 38.9 Å². The van der Waals surface area contributed by atoms with Crippen LogP contribution in [-0.2, 0) is 9.53 Å². The molecule has 0 aliphatic carbocycles. The Morgan fingerprint density at radius 2 is 1.90 bits per heavy atom. The summed E-state index contributed by atoms with van der Waals surface area (Å²) in [7, 11) is 3.05. The summed E-state index contributed by atoms with van der Waals surface area (Å²) >= 11 is 0. The van der Waals surface area contributed by atoms with E-state index in [1.54, 1.807) is 46.1 Å². The molecule has 1 N–H and O–H groups in total. The highest BCUT2D eigenvalue weighted by atomic mass is 16.6. The Balaban J connectivity index is 2.81. The minimum absolute atomic E-state index is 0.125. The zero-order valence-electron chi connectivity index (χ0n) is 12.6. The summed E-state index contributed by atoms with van der Waals surface area (Å²) in [6, 6.07) is 5.04. The molecule has 0 aliphatic heterocycles. The molecule has 0 amide bonds. The summed E-state index contributed by atoms with van der Waals surface area (Å²) in [5.74, 6) is 0.637. The molecule has 0 bridgehead atoms. The van der Waals surface area contributed by atoms with E-state index in [-0.39, 0.29) is 6.42 Å². The molecule has 5 nitrogen and oxygen atoms in total. The van der Waals surface area contributed by atoms with E-state index in [1.807, 2.05) is 0 Å². The van der Waals surface area contributed by atoms with Crippen molar-refractivity contribution >= 4 is 5.97 Å². The van der Waals surface area contributed by atoms with Gasteiger partial charge in [0.05, 0.1) is 26.7 Å². The molecule has 0 saturated carbocycles. The fourth-order valence-electron chi connectivity index (χ4n) is 1.74. The van der Waals surface area contributed by atoms with Crippen LogP contribution in [0, 0.1) is 0 Å². The van der Waals surface area contributed by atoms with Crippen molar-refractivity contribution in [1.29, 1.82) is 0 Å². The maximum Gasteiger partial charge on any atom is 0.309 e. The van der Waals surface area contributed by atoms with Gasteiger partial charge in [-0.1, -0.05) is 0 Å². The molecule has 0 saturated heterocycles. The number of rotatable bonds is 5. The van der Waals surface area contributed by atoms with Crippen LogP contribution >= 0.6 is 0 Å². The van der Waals surface area contributed by atoms with Gasteiger partial charge in [0.1, 0.15) is 17.1 Å². The Hall–Kier alpha value is -1.75. The van der Waals surface area contributed by atoms with Crippen LogP contribution in [0.4, 0.5) is 0 Å². The van der Waals surface area contributed by atoms with Crippen molar-refractivity contribution < 1.29 is 24.1 Å². The second-order valence-corrected chi connectivity index (χ2v) is 5.41. The first-order valence-electron chi connectivity index (χ1n) is 6.38. The average molecular weight is 282 g/mol. The van der Waals surface area contributed by atoms with Gasteiger partial charge in [-0.2, -0.15) is 0 Å². The minimum atomic E-state index is -0.981. The number of ether oxygens (including phenoxy) is 3. The molecule has 0 fully saturated rings. The molecule has 1 aromatic rings. The summed E-state index contributed by atoms with van der Waals surface area (Å²) < 4.78 is 15.5. The molecule has 20 heavy (non-hydrogen) atoms. The molecule has 0 aliphatic rings. The van der Waals surface area contributed by atoms with E-state index in [4.69, 9.17) is 14.2 Å². The standard InChI is InChI=1S/C15H22O5/c1-15(2,3)20-14(17)9-12(16)11-7-6-10(18-4)8-13(11)19-5/h6-8,12,16H,9H2,1-5H3. The smallest absolute Gasteiger partial charge is 0.309 e. The number of carbonyl (C=O) groups is 1. The second kappa shape index (κ2) is 6.61. The van der Waals surface area contributed by atoms with Crippen LogP contribution in [0.1, 0.15) is 38.9 Å². The lowest BCUT2D eigenvalue weighted by atomic mass is 10.0.